The Morgan fingerprint density at radius 3 is 2.59 bits per heavy atom. The lowest BCUT2D eigenvalue weighted by atomic mass is 9.97. The Balaban J connectivity index is 1.42. The summed E-state index contributed by atoms with van der Waals surface area (Å²) in [6, 6.07) is 15.7. The van der Waals surface area contributed by atoms with Gasteiger partial charge in [0.1, 0.15) is 5.75 Å². The quantitative estimate of drug-likeness (QED) is 0.784. The average molecular weight is 393 g/mol. The fourth-order valence-corrected chi connectivity index (χ4v) is 4.02. The van der Waals surface area contributed by atoms with Crippen molar-refractivity contribution in [1.82, 2.24) is 4.90 Å². The van der Waals surface area contributed by atoms with Crippen LogP contribution in [-0.2, 0) is 16.0 Å². The summed E-state index contributed by atoms with van der Waals surface area (Å²) in [7, 11) is 4.09. The summed E-state index contributed by atoms with van der Waals surface area (Å²) >= 11 is 0. The van der Waals surface area contributed by atoms with Crippen molar-refractivity contribution in [3.63, 3.8) is 0 Å². The minimum Gasteiger partial charge on any atom is -0.484 e. The number of carbonyl (C=O) groups excluding carboxylic acids is 2. The summed E-state index contributed by atoms with van der Waals surface area (Å²) in [4.78, 5) is 30.6. The molecule has 152 valence electrons. The van der Waals surface area contributed by atoms with E-state index in [1.54, 1.807) is 4.90 Å². The van der Waals surface area contributed by atoms with Gasteiger partial charge in [-0.25, -0.2) is 0 Å². The van der Waals surface area contributed by atoms with Gasteiger partial charge in [-0.1, -0.05) is 18.2 Å². The molecule has 0 radical (unpaired) electrons. The minimum absolute atomic E-state index is 0.0174. The third kappa shape index (κ3) is 4.12. The molecule has 1 saturated heterocycles. The summed E-state index contributed by atoms with van der Waals surface area (Å²) in [5.41, 5.74) is 3.04. The molecule has 6 nitrogen and oxygen atoms in total. The van der Waals surface area contributed by atoms with Crippen molar-refractivity contribution in [2.75, 3.05) is 43.6 Å². The minimum atomic E-state index is -0.0530. The third-order valence-corrected chi connectivity index (χ3v) is 5.75. The van der Waals surface area contributed by atoms with Crippen LogP contribution in [0.2, 0.25) is 0 Å². The molecule has 1 fully saturated rings. The highest BCUT2D eigenvalue weighted by atomic mass is 16.5. The second kappa shape index (κ2) is 8.25. The molecule has 0 saturated carbocycles. The van der Waals surface area contributed by atoms with E-state index in [1.165, 1.54) is 5.56 Å². The third-order valence-electron chi connectivity index (χ3n) is 5.75. The van der Waals surface area contributed by atoms with Crippen LogP contribution >= 0.6 is 0 Å². The van der Waals surface area contributed by atoms with E-state index < -0.39 is 0 Å². The molecule has 2 aliphatic rings. The number of benzene rings is 2. The van der Waals surface area contributed by atoms with Gasteiger partial charge in [0.25, 0.3) is 5.91 Å². The number of ether oxygens (including phenoxy) is 1. The summed E-state index contributed by atoms with van der Waals surface area (Å²) in [6.45, 7) is 1.40. The Bertz CT molecular complexity index is 894. The number of amides is 2. The van der Waals surface area contributed by atoms with E-state index in [4.69, 9.17) is 4.74 Å². The molecule has 0 aromatic heterocycles. The van der Waals surface area contributed by atoms with Crippen LogP contribution in [0.3, 0.4) is 0 Å². The predicted octanol–water partition coefficient (Wildman–Crippen LogP) is 2.71. The van der Waals surface area contributed by atoms with Crippen LogP contribution < -0.4 is 14.5 Å². The Morgan fingerprint density at radius 2 is 1.90 bits per heavy atom. The van der Waals surface area contributed by atoms with Crippen molar-refractivity contribution >= 4 is 23.2 Å². The summed E-state index contributed by atoms with van der Waals surface area (Å²) in [5.74, 6) is 0.735. The van der Waals surface area contributed by atoms with Gasteiger partial charge in [0.15, 0.2) is 6.61 Å². The molecule has 2 aliphatic heterocycles. The van der Waals surface area contributed by atoms with Gasteiger partial charge in [-0.05, 0) is 62.8 Å². The lowest BCUT2D eigenvalue weighted by Gasteiger charge is -2.37. The van der Waals surface area contributed by atoms with Crippen LogP contribution in [0.1, 0.15) is 18.4 Å². The van der Waals surface area contributed by atoms with E-state index in [0.29, 0.717) is 18.7 Å². The normalized spacial score (nSPS) is 18.9. The van der Waals surface area contributed by atoms with Crippen LogP contribution in [-0.4, -0.2) is 56.5 Å². The molecule has 4 rings (SSSR count). The first-order chi connectivity index (χ1) is 14.0. The van der Waals surface area contributed by atoms with Crippen LogP contribution in [0.4, 0.5) is 11.4 Å². The SMILES string of the molecule is CN(C)[C@@H]1Cc2ccccc2N(C(=O)COc2ccc(N3CCCC3=O)cc2)C1. The Morgan fingerprint density at radius 1 is 1.14 bits per heavy atom. The topological polar surface area (TPSA) is 53.1 Å². The molecule has 6 heteroatoms. The van der Waals surface area contributed by atoms with Crippen LogP contribution in [0.25, 0.3) is 0 Å². The first-order valence-corrected chi connectivity index (χ1v) is 10.1. The highest BCUT2D eigenvalue weighted by Gasteiger charge is 2.29. The summed E-state index contributed by atoms with van der Waals surface area (Å²) in [6.07, 6.45) is 2.44. The molecule has 0 bridgehead atoms. The largest absolute Gasteiger partial charge is 0.484 e. The monoisotopic (exact) mass is 393 g/mol. The molecule has 0 spiro atoms. The molecule has 0 N–H and O–H groups in total. The van der Waals surface area contributed by atoms with Gasteiger partial charge in [-0.3, -0.25) is 9.59 Å². The summed E-state index contributed by atoms with van der Waals surface area (Å²) < 4.78 is 5.77. The fourth-order valence-electron chi connectivity index (χ4n) is 4.02. The molecule has 0 unspecified atom stereocenters. The summed E-state index contributed by atoms with van der Waals surface area (Å²) in [5, 5.41) is 0. The van der Waals surface area contributed by atoms with E-state index >= 15 is 0 Å². The maximum Gasteiger partial charge on any atom is 0.264 e. The number of anilines is 2. The first-order valence-electron chi connectivity index (χ1n) is 10.1. The van der Waals surface area contributed by atoms with Gasteiger partial charge >= 0.3 is 0 Å². The molecule has 29 heavy (non-hydrogen) atoms. The van der Waals surface area contributed by atoms with E-state index in [2.05, 4.69) is 11.0 Å². The Hall–Kier alpha value is -2.86. The van der Waals surface area contributed by atoms with Gasteiger partial charge < -0.3 is 19.4 Å². The van der Waals surface area contributed by atoms with Crippen molar-refractivity contribution in [3.8, 4) is 5.75 Å². The van der Waals surface area contributed by atoms with Crippen molar-refractivity contribution in [1.29, 1.82) is 0 Å². The molecular weight excluding hydrogens is 366 g/mol. The van der Waals surface area contributed by atoms with E-state index in [1.807, 2.05) is 61.5 Å². The second-order valence-electron chi connectivity index (χ2n) is 7.89. The Kier molecular flexibility index (Phi) is 5.53. The number of hydrogen-bond acceptors (Lipinski definition) is 4. The number of rotatable bonds is 5. The van der Waals surface area contributed by atoms with Crippen LogP contribution in [0.5, 0.6) is 5.75 Å². The molecule has 2 heterocycles. The van der Waals surface area contributed by atoms with Gasteiger partial charge in [0, 0.05) is 36.9 Å². The zero-order valence-corrected chi connectivity index (χ0v) is 17.0. The molecule has 2 aromatic carbocycles. The Labute approximate surface area is 171 Å². The number of fused-ring (bicyclic) bond motifs is 1. The maximum absolute atomic E-state index is 13.0. The molecule has 2 amide bonds. The van der Waals surface area contributed by atoms with E-state index in [0.717, 1.165) is 30.8 Å². The van der Waals surface area contributed by atoms with Gasteiger partial charge in [0.2, 0.25) is 5.91 Å². The molecule has 1 atom stereocenters. The molecular formula is C23H27N3O3. The standard InChI is InChI=1S/C23H27N3O3/c1-24(2)19-14-17-6-3-4-7-21(17)26(15-19)23(28)16-29-20-11-9-18(10-12-20)25-13-5-8-22(25)27/h3-4,6-7,9-12,19H,5,8,13-16H2,1-2H3/t19-/m1/s1. The van der Waals surface area contributed by atoms with Gasteiger partial charge in [-0.15, -0.1) is 0 Å². The zero-order valence-electron chi connectivity index (χ0n) is 17.0. The lowest BCUT2D eigenvalue weighted by Crippen LogP contribution is -2.49. The zero-order chi connectivity index (χ0) is 20.4. The van der Waals surface area contributed by atoms with Crippen LogP contribution in [0, 0.1) is 0 Å². The van der Waals surface area contributed by atoms with Crippen LogP contribution in [0.15, 0.2) is 48.5 Å². The number of para-hydroxylation sites is 1. The number of nitrogens with zero attached hydrogens (tertiary/aromatic N) is 3. The van der Waals surface area contributed by atoms with Crippen molar-refractivity contribution in [3.05, 3.63) is 54.1 Å². The fraction of sp³-hybridized carbons (Fsp3) is 0.391. The van der Waals surface area contributed by atoms with Crippen molar-refractivity contribution in [2.45, 2.75) is 25.3 Å². The highest BCUT2D eigenvalue weighted by molar-refractivity contribution is 5.96. The molecule has 2 aromatic rings. The number of likely N-dealkylation sites (N-methyl/N-ethyl adjacent to an activating group) is 1. The lowest BCUT2D eigenvalue weighted by molar-refractivity contribution is -0.121. The maximum atomic E-state index is 13.0. The predicted molar refractivity (Wildman–Crippen MR) is 113 cm³/mol. The molecule has 0 aliphatic carbocycles. The van der Waals surface area contributed by atoms with Gasteiger partial charge in [0.05, 0.1) is 0 Å². The van der Waals surface area contributed by atoms with Crippen molar-refractivity contribution < 1.29 is 14.3 Å². The smallest absolute Gasteiger partial charge is 0.264 e. The average Bonchev–Trinajstić information content (AvgIpc) is 3.17. The van der Waals surface area contributed by atoms with Gasteiger partial charge in [-0.2, -0.15) is 0 Å². The number of hydrogen-bond donors (Lipinski definition) is 0. The first kappa shape index (κ1) is 19.5. The highest BCUT2D eigenvalue weighted by Crippen LogP contribution is 2.29. The van der Waals surface area contributed by atoms with Crippen molar-refractivity contribution in [2.24, 2.45) is 0 Å². The second-order valence-corrected chi connectivity index (χ2v) is 7.89. The van der Waals surface area contributed by atoms with E-state index in [9.17, 15) is 9.59 Å². The number of carbonyl (C=O) groups is 2. The van der Waals surface area contributed by atoms with E-state index in [-0.39, 0.29) is 24.5 Å².